The minimum Gasteiger partial charge on any atom is -0.281 e. The van der Waals surface area contributed by atoms with Gasteiger partial charge in [0, 0.05) is 16.7 Å². The van der Waals surface area contributed by atoms with Crippen LogP contribution in [-0.2, 0) is 5.41 Å². The second kappa shape index (κ2) is 6.89. The molecule has 2 aromatic rings. The van der Waals surface area contributed by atoms with Crippen LogP contribution in [0.15, 0.2) is 29.4 Å². The van der Waals surface area contributed by atoms with E-state index in [1.54, 1.807) is 18.2 Å². The number of hydrogen-bond donors (Lipinski definition) is 2. The maximum atomic E-state index is 12.5. The standard InChI is InChI=1S/C21H22Cl2N4O/c22-16-2-1-3-17(23)15(16)11-24-27-20(28)18-7-19(26-25-18)21-8-12-4-13(9-21)6-14(5-12)10-21/h1-3,7,11-14H,4-6,8-10H2,(H,25,26)(H,27,28). The number of nitrogens with one attached hydrogen (secondary N) is 2. The molecule has 28 heavy (non-hydrogen) atoms. The monoisotopic (exact) mass is 416 g/mol. The largest absolute Gasteiger partial charge is 0.291 e. The average molecular weight is 417 g/mol. The summed E-state index contributed by atoms with van der Waals surface area (Å²) in [7, 11) is 0. The normalized spacial score (nSPS) is 30.9. The minimum atomic E-state index is -0.341. The van der Waals surface area contributed by atoms with Gasteiger partial charge in [-0.25, -0.2) is 5.43 Å². The van der Waals surface area contributed by atoms with Crippen molar-refractivity contribution in [3.8, 4) is 0 Å². The molecular weight excluding hydrogens is 395 g/mol. The lowest BCUT2D eigenvalue weighted by Crippen LogP contribution is -2.48. The van der Waals surface area contributed by atoms with Crippen LogP contribution in [0, 0.1) is 17.8 Å². The first-order valence-corrected chi connectivity index (χ1v) is 10.6. The van der Waals surface area contributed by atoms with Crippen molar-refractivity contribution in [3.63, 3.8) is 0 Å². The molecule has 146 valence electrons. The zero-order valence-electron chi connectivity index (χ0n) is 15.4. The third-order valence-electron chi connectivity index (χ3n) is 6.78. The number of rotatable bonds is 4. The Kier molecular flexibility index (Phi) is 4.48. The van der Waals surface area contributed by atoms with Gasteiger partial charge in [0.15, 0.2) is 5.69 Å². The Hall–Kier alpha value is -1.85. The van der Waals surface area contributed by atoms with Crippen LogP contribution in [0.4, 0.5) is 0 Å². The molecule has 4 aliphatic rings. The van der Waals surface area contributed by atoms with Crippen molar-refractivity contribution in [1.82, 2.24) is 15.6 Å². The molecule has 0 atom stereocenters. The highest BCUT2D eigenvalue weighted by Gasteiger charge is 2.52. The van der Waals surface area contributed by atoms with Gasteiger partial charge in [-0.3, -0.25) is 9.89 Å². The molecule has 0 unspecified atom stereocenters. The van der Waals surface area contributed by atoms with Crippen LogP contribution >= 0.6 is 23.2 Å². The Morgan fingerprint density at radius 2 is 1.75 bits per heavy atom. The van der Waals surface area contributed by atoms with Gasteiger partial charge >= 0.3 is 0 Å². The number of carbonyl (C=O) groups excluding carboxylic acids is 1. The van der Waals surface area contributed by atoms with Gasteiger partial charge < -0.3 is 0 Å². The van der Waals surface area contributed by atoms with Crippen LogP contribution in [0.5, 0.6) is 0 Å². The number of halogens is 2. The van der Waals surface area contributed by atoms with Crippen molar-refractivity contribution in [2.45, 2.75) is 43.9 Å². The van der Waals surface area contributed by atoms with E-state index >= 15 is 0 Å². The Labute approximate surface area is 173 Å². The van der Waals surface area contributed by atoms with E-state index in [-0.39, 0.29) is 11.3 Å². The van der Waals surface area contributed by atoms with Crippen LogP contribution in [0.2, 0.25) is 10.0 Å². The molecule has 5 nitrogen and oxygen atoms in total. The number of hydrazone groups is 1. The third-order valence-corrected chi connectivity index (χ3v) is 7.44. The molecule has 1 aromatic heterocycles. The summed E-state index contributed by atoms with van der Waals surface area (Å²) in [4.78, 5) is 12.5. The molecule has 1 aromatic carbocycles. The van der Waals surface area contributed by atoms with Crippen LogP contribution in [0.1, 0.15) is 60.3 Å². The Bertz CT molecular complexity index is 896. The highest BCUT2D eigenvalue weighted by molar-refractivity contribution is 6.38. The maximum Gasteiger partial charge on any atom is 0.291 e. The van der Waals surface area contributed by atoms with E-state index < -0.39 is 0 Å². The zero-order valence-corrected chi connectivity index (χ0v) is 16.9. The highest BCUT2D eigenvalue weighted by atomic mass is 35.5. The molecule has 7 heteroatoms. The zero-order chi connectivity index (χ0) is 19.3. The smallest absolute Gasteiger partial charge is 0.281 e. The lowest BCUT2D eigenvalue weighted by molar-refractivity contribution is -0.00721. The number of aromatic nitrogens is 2. The molecular formula is C21H22Cl2N4O. The molecule has 4 aliphatic carbocycles. The molecule has 0 saturated heterocycles. The summed E-state index contributed by atoms with van der Waals surface area (Å²) in [5.41, 5.74) is 4.77. The van der Waals surface area contributed by atoms with Gasteiger partial charge in [0.25, 0.3) is 5.91 Å². The first kappa shape index (κ1) is 18.2. The molecule has 0 radical (unpaired) electrons. The van der Waals surface area contributed by atoms with Gasteiger partial charge in [-0.15, -0.1) is 0 Å². The summed E-state index contributed by atoms with van der Waals surface area (Å²) in [6, 6.07) is 7.13. The van der Waals surface area contributed by atoms with Gasteiger partial charge in [0.1, 0.15) is 0 Å². The van der Waals surface area contributed by atoms with E-state index in [2.05, 4.69) is 20.7 Å². The fraction of sp³-hybridized carbons (Fsp3) is 0.476. The topological polar surface area (TPSA) is 70.1 Å². The number of amides is 1. The van der Waals surface area contributed by atoms with Crippen molar-refractivity contribution in [3.05, 3.63) is 51.3 Å². The summed E-state index contributed by atoms with van der Waals surface area (Å²) in [6.45, 7) is 0. The molecule has 4 bridgehead atoms. The van der Waals surface area contributed by atoms with Crippen molar-refractivity contribution >= 4 is 35.3 Å². The number of nitrogens with zero attached hydrogens (tertiary/aromatic N) is 2. The lowest BCUT2D eigenvalue weighted by atomic mass is 9.49. The molecule has 6 rings (SSSR count). The predicted octanol–water partition coefficient (Wildman–Crippen LogP) is 4.95. The van der Waals surface area contributed by atoms with Crippen molar-refractivity contribution in [1.29, 1.82) is 0 Å². The van der Waals surface area contributed by atoms with Crippen molar-refractivity contribution in [2.75, 3.05) is 0 Å². The van der Waals surface area contributed by atoms with Crippen LogP contribution in [0.3, 0.4) is 0 Å². The Balaban J connectivity index is 1.30. The average Bonchev–Trinajstić information content (AvgIpc) is 3.14. The first-order chi connectivity index (χ1) is 13.5. The summed E-state index contributed by atoms with van der Waals surface area (Å²) >= 11 is 12.2. The van der Waals surface area contributed by atoms with E-state index in [0.717, 1.165) is 23.4 Å². The van der Waals surface area contributed by atoms with Gasteiger partial charge in [-0.2, -0.15) is 10.2 Å². The number of carbonyl (C=O) groups is 1. The molecule has 1 amide bonds. The van der Waals surface area contributed by atoms with E-state index in [0.29, 0.717) is 21.3 Å². The minimum absolute atomic E-state index is 0.189. The Morgan fingerprint density at radius 1 is 1.14 bits per heavy atom. The number of aromatic amines is 1. The Morgan fingerprint density at radius 3 is 2.36 bits per heavy atom. The van der Waals surface area contributed by atoms with Gasteiger partial charge in [-0.05, 0) is 74.5 Å². The summed E-state index contributed by atoms with van der Waals surface area (Å²) in [5, 5.41) is 12.4. The van der Waals surface area contributed by atoms with Crippen LogP contribution < -0.4 is 5.43 Å². The molecule has 4 saturated carbocycles. The van der Waals surface area contributed by atoms with E-state index in [1.165, 1.54) is 44.7 Å². The summed E-state index contributed by atoms with van der Waals surface area (Å²) in [6.07, 6.45) is 9.30. The SMILES string of the molecule is O=C(NN=Cc1c(Cl)cccc1Cl)c1cc(C23CC4CC(CC(C4)C2)C3)[nH]n1. The van der Waals surface area contributed by atoms with E-state index in [9.17, 15) is 4.79 Å². The molecule has 4 fully saturated rings. The van der Waals surface area contributed by atoms with E-state index in [4.69, 9.17) is 23.2 Å². The fourth-order valence-electron chi connectivity index (χ4n) is 6.00. The molecule has 0 aliphatic heterocycles. The van der Waals surface area contributed by atoms with Crippen molar-refractivity contribution < 1.29 is 4.79 Å². The van der Waals surface area contributed by atoms with Crippen LogP contribution in [-0.4, -0.2) is 22.3 Å². The number of benzene rings is 1. The highest BCUT2D eigenvalue weighted by Crippen LogP contribution is 2.60. The first-order valence-electron chi connectivity index (χ1n) is 9.86. The second-order valence-electron chi connectivity index (χ2n) is 8.70. The lowest BCUT2D eigenvalue weighted by Gasteiger charge is -2.56. The summed E-state index contributed by atoms with van der Waals surface area (Å²) < 4.78 is 0. The molecule has 2 N–H and O–H groups in total. The third kappa shape index (κ3) is 3.15. The van der Waals surface area contributed by atoms with Gasteiger partial charge in [0.2, 0.25) is 0 Å². The van der Waals surface area contributed by atoms with Gasteiger partial charge in [0.05, 0.1) is 16.3 Å². The summed E-state index contributed by atoms with van der Waals surface area (Å²) in [5.74, 6) is 2.19. The predicted molar refractivity (Wildman–Crippen MR) is 110 cm³/mol. The maximum absolute atomic E-state index is 12.5. The quantitative estimate of drug-likeness (QED) is 0.546. The van der Waals surface area contributed by atoms with Gasteiger partial charge in [-0.1, -0.05) is 29.3 Å². The van der Waals surface area contributed by atoms with Crippen LogP contribution in [0.25, 0.3) is 0 Å². The number of hydrogen-bond acceptors (Lipinski definition) is 3. The molecule has 0 spiro atoms. The van der Waals surface area contributed by atoms with E-state index in [1.807, 2.05) is 6.07 Å². The molecule has 1 heterocycles. The fourth-order valence-corrected chi connectivity index (χ4v) is 6.49. The second-order valence-corrected chi connectivity index (χ2v) is 9.51. The van der Waals surface area contributed by atoms with Crippen molar-refractivity contribution in [2.24, 2.45) is 22.9 Å². The number of H-pyrrole nitrogens is 1.